The van der Waals surface area contributed by atoms with E-state index in [1.807, 2.05) is 6.07 Å². The fourth-order valence-electron chi connectivity index (χ4n) is 2.37. The molecule has 3 rings (SSSR count). The van der Waals surface area contributed by atoms with Crippen molar-refractivity contribution < 1.29 is 4.74 Å². The zero-order valence-electron chi connectivity index (χ0n) is 12.0. The molecule has 2 nitrogen and oxygen atoms in total. The van der Waals surface area contributed by atoms with Gasteiger partial charge in [0.1, 0.15) is 6.61 Å². The number of aliphatic imine (C=N–C) groups is 1. The van der Waals surface area contributed by atoms with Gasteiger partial charge < -0.3 is 4.74 Å². The highest BCUT2D eigenvalue weighted by molar-refractivity contribution is 5.80. The molecule has 102 valence electrons. The van der Waals surface area contributed by atoms with E-state index in [9.17, 15) is 0 Å². The van der Waals surface area contributed by atoms with Gasteiger partial charge in [0, 0.05) is 6.42 Å². The molecule has 0 amide bonds. The number of rotatable bonds is 3. The van der Waals surface area contributed by atoms with Gasteiger partial charge in [-0.25, -0.2) is 4.99 Å². The summed E-state index contributed by atoms with van der Waals surface area (Å²) in [6, 6.07) is 19.0. The number of hydrogen-bond acceptors (Lipinski definition) is 2. The highest BCUT2D eigenvalue weighted by Crippen LogP contribution is 2.22. The van der Waals surface area contributed by atoms with Crippen LogP contribution >= 0.6 is 0 Å². The second-order valence-electron chi connectivity index (χ2n) is 5.85. The van der Waals surface area contributed by atoms with Crippen LogP contribution < -0.4 is 0 Å². The monoisotopic (exact) mass is 265 g/mol. The lowest BCUT2D eigenvalue weighted by Gasteiger charge is -2.07. The highest BCUT2D eigenvalue weighted by Gasteiger charge is 2.25. The van der Waals surface area contributed by atoms with Gasteiger partial charge in [0.05, 0.1) is 5.54 Å². The average Bonchev–Trinajstić information content (AvgIpc) is 2.80. The van der Waals surface area contributed by atoms with Gasteiger partial charge in [-0.3, -0.25) is 0 Å². The minimum absolute atomic E-state index is 0.0701. The molecule has 0 atom stereocenters. The molecule has 0 N–H and O–H groups in total. The molecule has 2 aromatic carbocycles. The summed E-state index contributed by atoms with van der Waals surface area (Å²) >= 11 is 0. The largest absolute Gasteiger partial charge is 0.478 e. The van der Waals surface area contributed by atoms with Crippen molar-refractivity contribution >= 4 is 5.90 Å². The first-order valence-corrected chi connectivity index (χ1v) is 6.98. The summed E-state index contributed by atoms with van der Waals surface area (Å²) in [5.41, 5.74) is 3.65. The molecule has 0 unspecified atom stereocenters. The molecule has 0 saturated carbocycles. The van der Waals surface area contributed by atoms with Crippen LogP contribution in [0, 0.1) is 0 Å². The van der Waals surface area contributed by atoms with E-state index in [1.165, 1.54) is 16.7 Å². The molecular weight excluding hydrogens is 246 g/mol. The summed E-state index contributed by atoms with van der Waals surface area (Å²) in [6.45, 7) is 4.88. The van der Waals surface area contributed by atoms with Crippen molar-refractivity contribution in [3.63, 3.8) is 0 Å². The van der Waals surface area contributed by atoms with Crippen LogP contribution in [-0.4, -0.2) is 18.0 Å². The van der Waals surface area contributed by atoms with Gasteiger partial charge in [0.15, 0.2) is 5.90 Å². The molecule has 2 aromatic rings. The Hall–Kier alpha value is -2.09. The second kappa shape index (κ2) is 5.12. The molecule has 0 fully saturated rings. The maximum absolute atomic E-state index is 5.64. The van der Waals surface area contributed by atoms with Crippen molar-refractivity contribution in [2.24, 2.45) is 4.99 Å². The molecule has 1 aliphatic rings. The van der Waals surface area contributed by atoms with Gasteiger partial charge in [0.25, 0.3) is 0 Å². The average molecular weight is 265 g/mol. The smallest absolute Gasteiger partial charge is 0.188 e. The first kappa shape index (κ1) is 12.9. The zero-order chi connectivity index (χ0) is 14.0. The van der Waals surface area contributed by atoms with E-state index < -0.39 is 0 Å². The molecule has 0 aromatic heterocycles. The second-order valence-corrected chi connectivity index (χ2v) is 5.85. The van der Waals surface area contributed by atoms with Crippen molar-refractivity contribution in [3.05, 3.63) is 60.2 Å². The first-order valence-electron chi connectivity index (χ1n) is 6.98. The summed E-state index contributed by atoms with van der Waals surface area (Å²) in [5, 5.41) is 0. The van der Waals surface area contributed by atoms with Gasteiger partial charge in [-0.15, -0.1) is 0 Å². The Kier molecular flexibility index (Phi) is 3.31. The van der Waals surface area contributed by atoms with Crippen molar-refractivity contribution in [1.82, 2.24) is 0 Å². The number of ether oxygens (including phenoxy) is 1. The SMILES string of the molecule is CC1(C)COC(Cc2ccc(-c3ccccc3)cc2)=N1. The van der Waals surface area contributed by atoms with Crippen LogP contribution in [0.2, 0.25) is 0 Å². The minimum atomic E-state index is -0.0701. The van der Waals surface area contributed by atoms with Crippen molar-refractivity contribution in [2.75, 3.05) is 6.61 Å². The Morgan fingerprint density at radius 1 is 0.950 bits per heavy atom. The Bertz CT molecular complexity index is 612. The maximum atomic E-state index is 5.64. The predicted molar refractivity (Wildman–Crippen MR) is 83.0 cm³/mol. The lowest BCUT2D eigenvalue weighted by molar-refractivity contribution is 0.275. The van der Waals surface area contributed by atoms with E-state index in [2.05, 4.69) is 67.4 Å². The van der Waals surface area contributed by atoms with Crippen LogP contribution in [0.1, 0.15) is 19.4 Å². The Labute approximate surface area is 120 Å². The van der Waals surface area contributed by atoms with Crippen LogP contribution in [0.15, 0.2) is 59.6 Å². The van der Waals surface area contributed by atoms with Crippen LogP contribution in [0.3, 0.4) is 0 Å². The summed E-state index contributed by atoms with van der Waals surface area (Å²) < 4.78 is 5.64. The molecule has 0 bridgehead atoms. The predicted octanol–water partition coefficient (Wildman–Crippen LogP) is 4.10. The quantitative estimate of drug-likeness (QED) is 0.818. The third-order valence-corrected chi connectivity index (χ3v) is 3.44. The van der Waals surface area contributed by atoms with E-state index in [-0.39, 0.29) is 5.54 Å². The minimum Gasteiger partial charge on any atom is -0.478 e. The van der Waals surface area contributed by atoms with Gasteiger partial charge in [-0.05, 0) is 30.5 Å². The van der Waals surface area contributed by atoms with Gasteiger partial charge in [0.2, 0.25) is 0 Å². The summed E-state index contributed by atoms with van der Waals surface area (Å²) in [5.74, 6) is 0.850. The third-order valence-electron chi connectivity index (χ3n) is 3.44. The van der Waals surface area contributed by atoms with Crippen LogP contribution in [0.5, 0.6) is 0 Å². The molecule has 0 aliphatic carbocycles. The Balaban J connectivity index is 1.74. The number of hydrogen-bond donors (Lipinski definition) is 0. The molecular formula is C18H19NO. The van der Waals surface area contributed by atoms with Crippen molar-refractivity contribution in [2.45, 2.75) is 25.8 Å². The fraction of sp³-hybridized carbons (Fsp3) is 0.278. The third kappa shape index (κ3) is 2.90. The lowest BCUT2D eigenvalue weighted by Crippen LogP contribution is -2.17. The lowest BCUT2D eigenvalue weighted by atomic mass is 10.0. The molecule has 0 spiro atoms. The summed E-state index contributed by atoms with van der Waals surface area (Å²) in [6.07, 6.45) is 0.776. The van der Waals surface area contributed by atoms with Crippen LogP contribution in [-0.2, 0) is 11.2 Å². The molecule has 0 saturated heterocycles. The molecule has 2 heteroatoms. The van der Waals surface area contributed by atoms with E-state index in [0.29, 0.717) is 6.61 Å². The van der Waals surface area contributed by atoms with Crippen molar-refractivity contribution in [1.29, 1.82) is 0 Å². The van der Waals surface area contributed by atoms with E-state index in [1.54, 1.807) is 0 Å². The number of benzene rings is 2. The molecule has 20 heavy (non-hydrogen) atoms. The molecule has 1 aliphatic heterocycles. The van der Waals surface area contributed by atoms with Crippen LogP contribution in [0.4, 0.5) is 0 Å². The van der Waals surface area contributed by atoms with E-state index in [4.69, 9.17) is 4.74 Å². The maximum Gasteiger partial charge on any atom is 0.188 e. The summed E-state index contributed by atoms with van der Waals surface area (Å²) in [4.78, 5) is 4.59. The number of nitrogens with zero attached hydrogens (tertiary/aromatic N) is 1. The van der Waals surface area contributed by atoms with Gasteiger partial charge in [-0.2, -0.15) is 0 Å². The molecule has 1 heterocycles. The Morgan fingerprint density at radius 2 is 1.60 bits per heavy atom. The zero-order valence-corrected chi connectivity index (χ0v) is 12.0. The Morgan fingerprint density at radius 3 is 2.20 bits per heavy atom. The van der Waals surface area contributed by atoms with E-state index >= 15 is 0 Å². The highest BCUT2D eigenvalue weighted by atomic mass is 16.5. The normalized spacial score (nSPS) is 16.6. The van der Waals surface area contributed by atoms with Crippen molar-refractivity contribution in [3.8, 4) is 11.1 Å². The van der Waals surface area contributed by atoms with Gasteiger partial charge in [-0.1, -0.05) is 54.6 Å². The van der Waals surface area contributed by atoms with Crippen LogP contribution in [0.25, 0.3) is 11.1 Å². The fourth-order valence-corrected chi connectivity index (χ4v) is 2.37. The van der Waals surface area contributed by atoms with E-state index in [0.717, 1.165) is 12.3 Å². The summed E-state index contributed by atoms with van der Waals surface area (Å²) in [7, 11) is 0. The topological polar surface area (TPSA) is 21.6 Å². The van der Waals surface area contributed by atoms with Gasteiger partial charge >= 0.3 is 0 Å². The standard InChI is InChI=1S/C18H19NO/c1-18(2)13-20-17(19-18)12-14-8-10-16(11-9-14)15-6-4-3-5-7-15/h3-11H,12-13H2,1-2H3. The first-order chi connectivity index (χ1) is 9.62. The molecule has 0 radical (unpaired) electrons.